The van der Waals surface area contributed by atoms with E-state index in [0.717, 1.165) is 53.9 Å². The van der Waals surface area contributed by atoms with E-state index in [4.69, 9.17) is 5.26 Å². The van der Waals surface area contributed by atoms with Crippen molar-refractivity contribution in [3.05, 3.63) is 101 Å². The molecule has 0 radical (unpaired) electrons. The van der Waals surface area contributed by atoms with Crippen LogP contribution < -0.4 is 5.69 Å². The van der Waals surface area contributed by atoms with Gasteiger partial charge in [0.2, 0.25) is 0 Å². The average molecular weight is 422 g/mol. The van der Waals surface area contributed by atoms with Gasteiger partial charge < -0.3 is 0 Å². The van der Waals surface area contributed by atoms with Crippen molar-refractivity contribution in [2.24, 2.45) is 0 Å². The molecular weight excluding hydrogens is 394 g/mol. The molecular formula is C28H27N3O. The Morgan fingerprint density at radius 1 is 0.656 bits per heavy atom. The highest BCUT2D eigenvalue weighted by Crippen LogP contribution is 2.33. The van der Waals surface area contributed by atoms with Gasteiger partial charge in [0.05, 0.1) is 23.1 Å². The maximum Gasteiger partial charge on any atom is 0.333 e. The lowest BCUT2D eigenvalue weighted by Crippen LogP contribution is -2.24. The highest BCUT2D eigenvalue weighted by Gasteiger charge is 2.23. The fourth-order valence-corrected chi connectivity index (χ4v) is 4.15. The minimum Gasteiger partial charge on any atom is -0.291 e. The van der Waals surface area contributed by atoms with E-state index in [0.29, 0.717) is 13.0 Å². The summed E-state index contributed by atoms with van der Waals surface area (Å²) in [7, 11) is 0. The second kappa shape index (κ2) is 10.5. The lowest BCUT2D eigenvalue weighted by atomic mass is 10.0. The summed E-state index contributed by atoms with van der Waals surface area (Å²) in [6.07, 6.45) is 4.42. The van der Waals surface area contributed by atoms with Crippen LogP contribution in [0.4, 0.5) is 0 Å². The predicted molar refractivity (Wildman–Crippen MR) is 130 cm³/mol. The molecule has 4 heteroatoms. The summed E-state index contributed by atoms with van der Waals surface area (Å²) in [6.45, 7) is 0.648. The summed E-state index contributed by atoms with van der Waals surface area (Å²) in [5, 5.41) is 8.75. The largest absolute Gasteiger partial charge is 0.333 e. The van der Waals surface area contributed by atoms with Crippen molar-refractivity contribution in [3.63, 3.8) is 0 Å². The average Bonchev–Trinajstić information content (AvgIpc) is 3.15. The monoisotopic (exact) mass is 421 g/mol. The maximum absolute atomic E-state index is 13.8. The summed E-state index contributed by atoms with van der Waals surface area (Å²) >= 11 is 0. The van der Waals surface area contributed by atoms with Crippen LogP contribution in [0.25, 0.3) is 28.2 Å². The van der Waals surface area contributed by atoms with Gasteiger partial charge in [-0.3, -0.25) is 9.13 Å². The third-order valence-corrected chi connectivity index (χ3v) is 5.67. The van der Waals surface area contributed by atoms with Crippen molar-refractivity contribution in [1.82, 2.24) is 9.13 Å². The molecule has 0 saturated heterocycles. The van der Waals surface area contributed by atoms with E-state index in [-0.39, 0.29) is 5.69 Å². The lowest BCUT2D eigenvalue weighted by Gasteiger charge is -2.12. The first-order valence-electron chi connectivity index (χ1n) is 11.2. The van der Waals surface area contributed by atoms with Crippen molar-refractivity contribution in [2.45, 2.75) is 38.6 Å². The maximum atomic E-state index is 13.8. The number of nitrogens with zero attached hydrogens (tertiary/aromatic N) is 3. The smallest absolute Gasteiger partial charge is 0.291 e. The number of rotatable bonds is 9. The van der Waals surface area contributed by atoms with Crippen LogP contribution in [-0.4, -0.2) is 9.13 Å². The Morgan fingerprint density at radius 2 is 1.19 bits per heavy atom. The van der Waals surface area contributed by atoms with Gasteiger partial charge in [-0.15, -0.1) is 0 Å². The number of para-hydroxylation sites is 1. The molecule has 0 saturated carbocycles. The van der Waals surface area contributed by atoms with Crippen LogP contribution in [0.15, 0.2) is 95.8 Å². The molecule has 4 nitrogen and oxygen atoms in total. The molecule has 0 atom stereocenters. The van der Waals surface area contributed by atoms with Crippen molar-refractivity contribution in [2.75, 3.05) is 0 Å². The van der Waals surface area contributed by atoms with Gasteiger partial charge in [0, 0.05) is 24.1 Å². The van der Waals surface area contributed by atoms with Crippen LogP contribution in [-0.2, 0) is 6.54 Å². The van der Waals surface area contributed by atoms with Crippen LogP contribution in [0.5, 0.6) is 0 Å². The summed E-state index contributed by atoms with van der Waals surface area (Å²) in [4.78, 5) is 13.8. The SMILES string of the molecule is N#CCCCCCCn1c(-c2ccccc2)c(-c2ccccc2)n(-c2ccccc2)c1=O. The fraction of sp³-hybridized carbons (Fsp3) is 0.214. The van der Waals surface area contributed by atoms with Gasteiger partial charge in [-0.1, -0.05) is 91.7 Å². The van der Waals surface area contributed by atoms with Crippen molar-refractivity contribution in [1.29, 1.82) is 5.26 Å². The van der Waals surface area contributed by atoms with Gasteiger partial charge in [0.25, 0.3) is 0 Å². The van der Waals surface area contributed by atoms with Gasteiger partial charge in [0.1, 0.15) is 0 Å². The molecule has 0 aliphatic heterocycles. The third kappa shape index (κ3) is 4.58. The van der Waals surface area contributed by atoms with Crippen molar-refractivity contribution >= 4 is 0 Å². The number of nitriles is 1. The summed E-state index contributed by atoms with van der Waals surface area (Å²) in [6, 6.07) is 32.4. The first-order chi connectivity index (χ1) is 15.8. The number of imidazole rings is 1. The predicted octanol–water partition coefficient (Wildman–Crippen LogP) is 6.45. The molecule has 4 rings (SSSR count). The van der Waals surface area contributed by atoms with Crippen molar-refractivity contribution < 1.29 is 0 Å². The van der Waals surface area contributed by atoms with E-state index < -0.39 is 0 Å². The highest BCUT2D eigenvalue weighted by atomic mass is 16.1. The van der Waals surface area contributed by atoms with E-state index in [9.17, 15) is 4.79 Å². The third-order valence-electron chi connectivity index (χ3n) is 5.67. The van der Waals surface area contributed by atoms with E-state index in [2.05, 4.69) is 30.3 Å². The molecule has 0 aliphatic rings. The normalized spacial score (nSPS) is 10.7. The quantitative estimate of drug-likeness (QED) is 0.292. The first-order valence-corrected chi connectivity index (χ1v) is 11.2. The molecule has 32 heavy (non-hydrogen) atoms. The standard InChI is InChI=1S/C28H27N3O/c29-21-13-2-1-3-14-22-30-26(23-15-7-4-8-16-23)27(24-17-9-5-10-18-24)31(28(30)32)25-19-11-6-12-20-25/h4-12,15-20H,1-3,13-14,22H2. The summed E-state index contributed by atoms with van der Waals surface area (Å²) < 4.78 is 3.77. The van der Waals surface area contributed by atoms with E-state index in [1.807, 2.05) is 75.9 Å². The molecule has 3 aromatic carbocycles. The fourth-order valence-electron chi connectivity index (χ4n) is 4.15. The number of unbranched alkanes of at least 4 members (excludes halogenated alkanes) is 4. The van der Waals surface area contributed by atoms with Gasteiger partial charge >= 0.3 is 5.69 Å². The Balaban J connectivity index is 1.86. The molecule has 1 aromatic heterocycles. The van der Waals surface area contributed by atoms with Gasteiger partial charge in [-0.2, -0.15) is 5.26 Å². The Morgan fingerprint density at radius 3 is 1.78 bits per heavy atom. The van der Waals surface area contributed by atoms with Crippen molar-refractivity contribution in [3.8, 4) is 34.3 Å². The Bertz CT molecular complexity index is 1230. The van der Waals surface area contributed by atoms with Crippen LogP contribution in [0.1, 0.15) is 32.1 Å². The zero-order valence-electron chi connectivity index (χ0n) is 18.2. The zero-order valence-corrected chi connectivity index (χ0v) is 18.2. The topological polar surface area (TPSA) is 50.7 Å². The molecule has 0 spiro atoms. The number of aromatic nitrogens is 2. The van der Waals surface area contributed by atoms with E-state index >= 15 is 0 Å². The van der Waals surface area contributed by atoms with E-state index in [1.165, 1.54) is 0 Å². The Kier molecular flexibility index (Phi) is 6.99. The van der Waals surface area contributed by atoms with E-state index in [1.54, 1.807) is 0 Å². The van der Waals surface area contributed by atoms with Crippen LogP contribution >= 0.6 is 0 Å². The Labute approximate surface area is 189 Å². The summed E-state index contributed by atoms with van der Waals surface area (Å²) in [5.74, 6) is 0. The molecule has 1 heterocycles. The number of hydrogen-bond acceptors (Lipinski definition) is 2. The molecule has 0 N–H and O–H groups in total. The number of hydrogen-bond donors (Lipinski definition) is 0. The second-order valence-electron chi connectivity index (χ2n) is 7.86. The molecule has 160 valence electrons. The minimum absolute atomic E-state index is 0.0223. The molecule has 0 amide bonds. The summed E-state index contributed by atoms with van der Waals surface area (Å²) in [5.41, 5.74) is 4.75. The molecule has 0 unspecified atom stereocenters. The van der Waals surface area contributed by atoms with Gasteiger partial charge in [0.15, 0.2) is 0 Å². The number of benzene rings is 3. The van der Waals surface area contributed by atoms with Gasteiger partial charge in [-0.05, 0) is 25.0 Å². The second-order valence-corrected chi connectivity index (χ2v) is 7.86. The van der Waals surface area contributed by atoms with Crippen LogP contribution in [0.3, 0.4) is 0 Å². The van der Waals surface area contributed by atoms with Crippen LogP contribution in [0, 0.1) is 11.3 Å². The Hall–Kier alpha value is -3.84. The zero-order chi connectivity index (χ0) is 22.2. The minimum atomic E-state index is -0.0223. The molecule has 0 fully saturated rings. The van der Waals surface area contributed by atoms with Crippen LogP contribution in [0.2, 0.25) is 0 Å². The molecule has 0 bridgehead atoms. The lowest BCUT2D eigenvalue weighted by molar-refractivity contribution is 0.565. The first kappa shape index (κ1) is 21.4. The highest BCUT2D eigenvalue weighted by molar-refractivity contribution is 5.80. The molecule has 0 aliphatic carbocycles. The molecule has 4 aromatic rings. The van der Waals surface area contributed by atoms with Gasteiger partial charge in [-0.25, -0.2) is 4.79 Å².